The van der Waals surface area contributed by atoms with Crippen LogP contribution in [0.3, 0.4) is 0 Å². The zero-order valence-electron chi connectivity index (χ0n) is 18.7. The van der Waals surface area contributed by atoms with Crippen molar-refractivity contribution in [3.05, 3.63) is 100 Å². The van der Waals surface area contributed by atoms with E-state index >= 15 is 0 Å². The number of rotatable bonds is 6. The zero-order chi connectivity index (χ0) is 24.7. The summed E-state index contributed by atoms with van der Waals surface area (Å²) in [6.45, 7) is 5.62. The third-order valence-corrected chi connectivity index (χ3v) is 6.87. The van der Waals surface area contributed by atoms with Gasteiger partial charge in [-0.1, -0.05) is 23.7 Å². The largest absolute Gasteiger partial charge is 0.448 e. The Kier molecular flexibility index (Phi) is 6.16. The van der Waals surface area contributed by atoms with Crippen molar-refractivity contribution >= 4 is 27.4 Å². The van der Waals surface area contributed by atoms with E-state index in [4.69, 9.17) is 21.2 Å². The molecular formula is C25H22ClN3O4S. The van der Waals surface area contributed by atoms with Crippen LogP contribution in [-0.4, -0.2) is 24.2 Å². The van der Waals surface area contributed by atoms with Crippen molar-refractivity contribution in [1.29, 1.82) is 0 Å². The smallest absolute Gasteiger partial charge is 0.238 e. The molecule has 0 unspecified atom stereocenters. The van der Waals surface area contributed by atoms with Gasteiger partial charge in [-0.05, 0) is 68.3 Å². The number of pyridine rings is 1. The molecule has 2 heterocycles. The number of hydrogen-bond acceptors (Lipinski definition) is 6. The number of carbonyl (C=O) groups excluding carboxylic acids is 1. The average Bonchev–Trinajstić information content (AvgIpc) is 3.34. The molecule has 0 aliphatic rings. The second-order valence-electron chi connectivity index (χ2n) is 8.43. The fourth-order valence-corrected chi connectivity index (χ4v) is 4.63. The van der Waals surface area contributed by atoms with Gasteiger partial charge in [0.1, 0.15) is 6.26 Å². The zero-order valence-corrected chi connectivity index (χ0v) is 20.3. The summed E-state index contributed by atoms with van der Waals surface area (Å²) in [5.41, 5.74) is 2.04. The fraction of sp³-hybridized carbons (Fsp3) is 0.160. The number of halogens is 1. The maximum absolute atomic E-state index is 13.4. The number of aromatic nitrogens is 2. The summed E-state index contributed by atoms with van der Waals surface area (Å²) in [5, 5.41) is 5.89. The molecule has 4 rings (SSSR count). The number of nitrogens with zero attached hydrogens (tertiary/aromatic N) is 2. The van der Waals surface area contributed by atoms with Crippen LogP contribution in [0.25, 0.3) is 11.1 Å². The van der Waals surface area contributed by atoms with Crippen molar-refractivity contribution in [2.24, 2.45) is 5.14 Å². The minimum absolute atomic E-state index is 0.113. The molecule has 0 bridgehead atoms. The van der Waals surface area contributed by atoms with Crippen LogP contribution in [0.15, 0.2) is 76.5 Å². The van der Waals surface area contributed by atoms with Crippen molar-refractivity contribution in [1.82, 2.24) is 9.97 Å². The molecule has 0 spiro atoms. The Morgan fingerprint density at radius 1 is 1.03 bits per heavy atom. The molecule has 2 aromatic carbocycles. The third-order valence-electron chi connectivity index (χ3n) is 5.66. The Bertz CT molecular complexity index is 1480. The summed E-state index contributed by atoms with van der Waals surface area (Å²) < 4.78 is 30.5. The molecule has 2 aromatic heterocycles. The van der Waals surface area contributed by atoms with Crippen molar-refractivity contribution in [3.8, 4) is 11.1 Å². The van der Waals surface area contributed by atoms with Gasteiger partial charge in [0.05, 0.1) is 16.5 Å². The van der Waals surface area contributed by atoms with E-state index < -0.39 is 15.4 Å². The van der Waals surface area contributed by atoms with E-state index in [0.29, 0.717) is 22.0 Å². The monoisotopic (exact) mass is 495 g/mol. The van der Waals surface area contributed by atoms with Gasteiger partial charge < -0.3 is 4.42 Å². The summed E-state index contributed by atoms with van der Waals surface area (Å²) >= 11 is 6.23. The number of sulfonamides is 1. The molecule has 0 aliphatic carbocycles. The van der Waals surface area contributed by atoms with Crippen LogP contribution >= 0.6 is 11.6 Å². The molecule has 0 saturated carbocycles. The van der Waals surface area contributed by atoms with Crippen molar-refractivity contribution in [2.75, 3.05) is 0 Å². The van der Waals surface area contributed by atoms with E-state index in [0.717, 1.165) is 11.3 Å². The van der Waals surface area contributed by atoms with E-state index in [2.05, 4.69) is 9.97 Å². The van der Waals surface area contributed by atoms with Gasteiger partial charge in [-0.2, -0.15) is 0 Å². The molecule has 174 valence electrons. The average molecular weight is 496 g/mol. The van der Waals surface area contributed by atoms with Crippen molar-refractivity contribution in [2.45, 2.75) is 31.1 Å². The van der Waals surface area contributed by atoms with E-state index in [1.54, 1.807) is 42.6 Å². The van der Waals surface area contributed by atoms with Crippen LogP contribution < -0.4 is 5.14 Å². The summed E-state index contributed by atoms with van der Waals surface area (Å²) in [6, 6.07) is 12.9. The number of carbonyl (C=O) groups is 1. The fourth-order valence-electron chi connectivity index (χ4n) is 3.73. The van der Waals surface area contributed by atoms with Gasteiger partial charge in [-0.25, -0.2) is 18.5 Å². The molecule has 0 fully saturated rings. The van der Waals surface area contributed by atoms with E-state index in [-0.39, 0.29) is 21.8 Å². The number of primary sulfonamides is 1. The van der Waals surface area contributed by atoms with Gasteiger partial charge in [-0.3, -0.25) is 9.78 Å². The highest BCUT2D eigenvalue weighted by Gasteiger charge is 2.30. The predicted octanol–water partition coefficient (Wildman–Crippen LogP) is 4.90. The first-order chi connectivity index (χ1) is 16.0. The normalized spacial score (nSPS) is 12.0. The first kappa shape index (κ1) is 23.8. The van der Waals surface area contributed by atoms with Crippen LogP contribution in [-0.2, 0) is 15.4 Å². The Morgan fingerprint density at radius 3 is 2.41 bits per heavy atom. The number of oxazole rings is 1. The van der Waals surface area contributed by atoms with Crippen LogP contribution in [0, 0.1) is 6.92 Å². The number of benzene rings is 2. The van der Waals surface area contributed by atoms with Gasteiger partial charge in [0.15, 0.2) is 5.78 Å². The Morgan fingerprint density at radius 2 is 1.79 bits per heavy atom. The van der Waals surface area contributed by atoms with Gasteiger partial charge in [0.2, 0.25) is 15.9 Å². The molecule has 9 heteroatoms. The van der Waals surface area contributed by atoms with Gasteiger partial charge >= 0.3 is 0 Å². The van der Waals surface area contributed by atoms with E-state index in [1.165, 1.54) is 24.6 Å². The molecule has 4 aromatic rings. The molecule has 0 aliphatic heterocycles. The molecule has 0 saturated heterocycles. The highest BCUT2D eigenvalue weighted by Crippen LogP contribution is 2.38. The second-order valence-corrected chi connectivity index (χ2v) is 10.4. The number of hydrogen-bond donors (Lipinski definition) is 1. The molecule has 0 radical (unpaired) electrons. The standard InChI is InChI=1S/C25H22ClN3O4S/c1-15-4-5-16(14-29-15)23(30)21-13-18(26)7-8-19(21)20-12-17(6-9-22(20)34(27,31)32)25(2,3)24-28-10-11-33-24/h4-14H,1-3H3,(H2,27,31,32). The predicted molar refractivity (Wildman–Crippen MR) is 129 cm³/mol. The maximum Gasteiger partial charge on any atom is 0.238 e. The Hall–Kier alpha value is -3.33. The van der Waals surface area contributed by atoms with Crippen LogP contribution in [0.4, 0.5) is 0 Å². The summed E-state index contributed by atoms with van der Waals surface area (Å²) in [6.07, 6.45) is 4.50. The SMILES string of the molecule is Cc1ccc(C(=O)c2cc(Cl)ccc2-c2cc(C(C)(C)c3ncco3)ccc2S(N)(=O)=O)cn1. The molecule has 2 N–H and O–H groups in total. The Labute approximate surface area is 202 Å². The van der Waals surface area contributed by atoms with Crippen LogP contribution in [0.1, 0.15) is 46.9 Å². The number of ketones is 1. The molecule has 34 heavy (non-hydrogen) atoms. The number of nitrogens with two attached hydrogens (primary N) is 1. The van der Waals surface area contributed by atoms with Gasteiger partial charge in [0.25, 0.3) is 0 Å². The molecular weight excluding hydrogens is 474 g/mol. The summed E-state index contributed by atoms with van der Waals surface area (Å²) in [4.78, 5) is 21.8. The highest BCUT2D eigenvalue weighted by molar-refractivity contribution is 7.89. The van der Waals surface area contributed by atoms with Crippen molar-refractivity contribution in [3.63, 3.8) is 0 Å². The molecule has 7 nitrogen and oxygen atoms in total. The lowest BCUT2D eigenvalue weighted by atomic mass is 9.82. The summed E-state index contributed by atoms with van der Waals surface area (Å²) in [7, 11) is -4.12. The lowest BCUT2D eigenvalue weighted by Gasteiger charge is -2.23. The first-order valence-corrected chi connectivity index (χ1v) is 12.3. The minimum Gasteiger partial charge on any atom is -0.448 e. The number of aryl methyl sites for hydroxylation is 1. The lowest BCUT2D eigenvalue weighted by Crippen LogP contribution is -2.21. The first-order valence-electron chi connectivity index (χ1n) is 10.3. The van der Waals surface area contributed by atoms with E-state index in [1.807, 2.05) is 20.8 Å². The topological polar surface area (TPSA) is 116 Å². The van der Waals surface area contributed by atoms with Crippen LogP contribution in [0.5, 0.6) is 0 Å². The quantitative estimate of drug-likeness (QED) is 0.380. The molecule has 0 amide bonds. The third kappa shape index (κ3) is 4.52. The van der Waals surface area contributed by atoms with Gasteiger partial charge in [0, 0.05) is 33.6 Å². The van der Waals surface area contributed by atoms with Crippen molar-refractivity contribution < 1.29 is 17.6 Å². The molecule has 0 atom stereocenters. The van der Waals surface area contributed by atoms with Crippen LogP contribution in [0.2, 0.25) is 5.02 Å². The highest BCUT2D eigenvalue weighted by atomic mass is 35.5. The van der Waals surface area contributed by atoms with Gasteiger partial charge in [-0.15, -0.1) is 0 Å². The Balaban J connectivity index is 1.96. The van der Waals surface area contributed by atoms with E-state index in [9.17, 15) is 13.2 Å². The summed E-state index contributed by atoms with van der Waals surface area (Å²) in [5.74, 6) is 0.114. The maximum atomic E-state index is 13.4. The lowest BCUT2D eigenvalue weighted by molar-refractivity contribution is 0.103. The second kappa shape index (κ2) is 8.79. The minimum atomic E-state index is -4.12.